The summed E-state index contributed by atoms with van der Waals surface area (Å²) in [6.07, 6.45) is 0. The van der Waals surface area contributed by atoms with Crippen LogP contribution in [0, 0.1) is 6.92 Å². The van der Waals surface area contributed by atoms with Crippen LogP contribution in [0.5, 0.6) is 11.6 Å². The van der Waals surface area contributed by atoms with E-state index in [4.69, 9.17) is 0 Å². The molecule has 1 aromatic carbocycles. The summed E-state index contributed by atoms with van der Waals surface area (Å²) in [7, 11) is -3.95. The molecule has 2 aromatic heterocycles. The number of halogens is 2. The topological polar surface area (TPSA) is 84.7 Å². The summed E-state index contributed by atoms with van der Waals surface area (Å²) in [5.41, 5.74) is 1.89. The van der Waals surface area contributed by atoms with Gasteiger partial charge in [0.25, 0.3) is 0 Å². The van der Waals surface area contributed by atoms with Crippen molar-refractivity contribution in [3.63, 3.8) is 0 Å². The average molecular weight is 409 g/mol. The number of ether oxygens (including phenoxy) is 1. The van der Waals surface area contributed by atoms with E-state index in [1.165, 1.54) is 22.5 Å². The van der Waals surface area contributed by atoms with Gasteiger partial charge in [-0.25, -0.2) is 8.42 Å². The Morgan fingerprint density at radius 1 is 1.21 bits per heavy atom. The number of benzene rings is 1. The fourth-order valence-electron chi connectivity index (χ4n) is 3.38. The molecule has 0 atom stereocenters. The van der Waals surface area contributed by atoms with Gasteiger partial charge in [-0.2, -0.15) is 13.1 Å². The van der Waals surface area contributed by atoms with Crippen molar-refractivity contribution < 1.29 is 27.0 Å². The molecular weight excluding hydrogens is 392 g/mol. The fourth-order valence-corrected chi connectivity index (χ4v) is 4.81. The molecule has 0 saturated carbocycles. The summed E-state index contributed by atoms with van der Waals surface area (Å²) in [4.78, 5) is 4.30. The molecule has 3 aromatic rings. The molecule has 10 heteroatoms. The Bertz CT molecular complexity index is 1160. The molecule has 0 bridgehead atoms. The lowest BCUT2D eigenvalue weighted by atomic mass is 10.2. The predicted molar refractivity (Wildman–Crippen MR) is 96.8 cm³/mol. The monoisotopic (exact) mass is 409 g/mol. The number of rotatable bonds is 4. The van der Waals surface area contributed by atoms with E-state index in [0.29, 0.717) is 16.6 Å². The van der Waals surface area contributed by atoms with E-state index in [-0.39, 0.29) is 36.2 Å². The second-order valence-corrected chi connectivity index (χ2v) is 8.40. The van der Waals surface area contributed by atoms with Crippen LogP contribution in [-0.4, -0.2) is 40.5 Å². The maximum Gasteiger partial charge on any atom is 0.387 e. The van der Waals surface area contributed by atoms with Crippen LogP contribution in [0.2, 0.25) is 0 Å². The van der Waals surface area contributed by atoms with Gasteiger partial charge in [-0.05, 0) is 31.2 Å². The van der Waals surface area contributed by atoms with Crippen LogP contribution in [0.3, 0.4) is 0 Å². The van der Waals surface area contributed by atoms with Gasteiger partial charge >= 0.3 is 6.61 Å². The first-order chi connectivity index (χ1) is 13.3. The van der Waals surface area contributed by atoms with Gasteiger partial charge in [-0.15, -0.1) is 0 Å². The Kier molecular flexibility index (Phi) is 4.47. The number of nitrogens with zero attached hydrogens (tertiary/aromatic N) is 3. The van der Waals surface area contributed by atoms with Crippen LogP contribution >= 0.6 is 0 Å². The minimum Gasteiger partial charge on any atom is -0.494 e. The standard InChI is InChI=1S/C18H17F2N3O4S/c1-11-5-6-14-16(21-11)15-10-22(7-8-23(15)17(14)24)28(25,26)13-4-2-3-12(9-13)27-18(19)20/h2-6,9,18,24H,7-8,10H2,1H3. The highest BCUT2D eigenvalue weighted by Crippen LogP contribution is 2.35. The zero-order valence-electron chi connectivity index (χ0n) is 14.8. The van der Waals surface area contributed by atoms with E-state index in [1.807, 2.05) is 6.92 Å². The molecule has 0 fully saturated rings. The molecule has 7 nitrogen and oxygen atoms in total. The van der Waals surface area contributed by atoms with E-state index in [9.17, 15) is 22.3 Å². The molecule has 148 valence electrons. The van der Waals surface area contributed by atoms with Gasteiger partial charge in [-0.3, -0.25) is 4.98 Å². The van der Waals surface area contributed by atoms with Crippen molar-refractivity contribution in [2.75, 3.05) is 6.54 Å². The predicted octanol–water partition coefficient (Wildman–Crippen LogP) is 2.86. The largest absolute Gasteiger partial charge is 0.494 e. The summed E-state index contributed by atoms with van der Waals surface area (Å²) in [6, 6.07) is 8.56. The summed E-state index contributed by atoms with van der Waals surface area (Å²) < 4.78 is 58.1. The number of hydrogen-bond acceptors (Lipinski definition) is 5. The number of alkyl halides is 2. The summed E-state index contributed by atoms with van der Waals surface area (Å²) >= 11 is 0. The van der Waals surface area contributed by atoms with Crippen molar-refractivity contribution in [3.8, 4) is 11.6 Å². The molecule has 0 unspecified atom stereocenters. The van der Waals surface area contributed by atoms with Crippen LogP contribution in [0.1, 0.15) is 11.4 Å². The molecule has 4 rings (SSSR count). The Labute approximate surface area is 159 Å². The van der Waals surface area contributed by atoms with Crippen molar-refractivity contribution in [1.82, 2.24) is 13.9 Å². The number of hydrogen-bond donors (Lipinski definition) is 1. The normalized spacial score (nSPS) is 15.1. The van der Waals surface area contributed by atoms with E-state index in [0.717, 1.165) is 11.8 Å². The van der Waals surface area contributed by atoms with Gasteiger partial charge in [0.2, 0.25) is 15.9 Å². The summed E-state index contributed by atoms with van der Waals surface area (Å²) in [5.74, 6) is -0.168. The van der Waals surface area contributed by atoms with Gasteiger partial charge in [0.1, 0.15) is 5.75 Å². The minimum atomic E-state index is -3.95. The van der Waals surface area contributed by atoms with Crippen LogP contribution in [0.15, 0.2) is 41.3 Å². The highest BCUT2D eigenvalue weighted by molar-refractivity contribution is 7.89. The zero-order valence-corrected chi connectivity index (χ0v) is 15.7. The quantitative estimate of drug-likeness (QED) is 0.716. The maximum atomic E-state index is 13.0. The SMILES string of the molecule is Cc1ccc2c(O)n3c(c2n1)CN(S(=O)(=O)c1cccc(OC(F)F)c1)CC3. The highest BCUT2D eigenvalue weighted by atomic mass is 32.2. The van der Waals surface area contributed by atoms with Crippen LogP contribution in [0.4, 0.5) is 8.78 Å². The molecule has 3 heterocycles. The van der Waals surface area contributed by atoms with E-state index in [2.05, 4.69) is 9.72 Å². The van der Waals surface area contributed by atoms with Crippen LogP contribution in [-0.2, 0) is 23.1 Å². The van der Waals surface area contributed by atoms with E-state index < -0.39 is 16.6 Å². The average Bonchev–Trinajstić information content (AvgIpc) is 2.93. The summed E-state index contributed by atoms with van der Waals surface area (Å²) in [5, 5.41) is 11.0. The second-order valence-electron chi connectivity index (χ2n) is 6.46. The molecule has 0 amide bonds. The lowest BCUT2D eigenvalue weighted by Gasteiger charge is -2.28. The van der Waals surface area contributed by atoms with Crippen molar-refractivity contribution >= 4 is 20.9 Å². The zero-order chi connectivity index (χ0) is 20.1. The molecule has 1 N–H and O–H groups in total. The second kappa shape index (κ2) is 6.71. The lowest BCUT2D eigenvalue weighted by molar-refractivity contribution is -0.0500. The minimum absolute atomic E-state index is 0.00970. The first-order valence-electron chi connectivity index (χ1n) is 8.50. The number of aromatic nitrogens is 2. The lowest BCUT2D eigenvalue weighted by Crippen LogP contribution is -2.38. The Hall–Kier alpha value is -2.72. The molecule has 28 heavy (non-hydrogen) atoms. The number of fused-ring (bicyclic) bond motifs is 3. The molecule has 0 spiro atoms. The van der Waals surface area contributed by atoms with Crippen molar-refractivity contribution in [1.29, 1.82) is 0 Å². The molecular formula is C18H17F2N3O4S. The molecule has 0 saturated heterocycles. The number of aryl methyl sites for hydroxylation is 1. The highest BCUT2D eigenvalue weighted by Gasteiger charge is 2.32. The molecule has 1 aliphatic heterocycles. The smallest absolute Gasteiger partial charge is 0.387 e. The number of sulfonamides is 1. The first kappa shape index (κ1) is 18.6. The molecule has 0 radical (unpaired) electrons. The van der Waals surface area contributed by atoms with E-state index in [1.54, 1.807) is 16.7 Å². The van der Waals surface area contributed by atoms with Gasteiger partial charge in [0, 0.05) is 24.8 Å². The number of aromatic hydroxyl groups is 1. The third-order valence-electron chi connectivity index (χ3n) is 4.70. The Morgan fingerprint density at radius 2 is 2.00 bits per heavy atom. The molecule has 0 aliphatic carbocycles. The first-order valence-corrected chi connectivity index (χ1v) is 9.94. The number of pyridine rings is 1. The van der Waals surface area contributed by atoms with Crippen molar-refractivity contribution in [2.45, 2.75) is 31.5 Å². The van der Waals surface area contributed by atoms with Gasteiger partial charge in [0.15, 0.2) is 0 Å². The van der Waals surface area contributed by atoms with Crippen LogP contribution < -0.4 is 4.74 Å². The van der Waals surface area contributed by atoms with E-state index >= 15 is 0 Å². The third-order valence-corrected chi connectivity index (χ3v) is 6.54. The Morgan fingerprint density at radius 3 is 2.75 bits per heavy atom. The van der Waals surface area contributed by atoms with Crippen molar-refractivity contribution in [3.05, 3.63) is 47.8 Å². The Balaban J connectivity index is 1.71. The van der Waals surface area contributed by atoms with Crippen molar-refractivity contribution in [2.24, 2.45) is 0 Å². The molecule has 1 aliphatic rings. The summed E-state index contributed by atoms with van der Waals surface area (Å²) in [6.45, 7) is -0.839. The van der Waals surface area contributed by atoms with Crippen LogP contribution in [0.25, 0.3) is 10.9 Å². The fraction of sp³-hybridized carbons (Fsp3) is 0.278. The van der Waals surface area contributed by atoms with Gasteiger partial charge in [0.05, 0.1) is 28.0 Å². The third kappa shape index (κ3) is 3.08. The van der Waals surface area contributed by atoms with Gasteiger partial charge < -0.3 is 14.4 Å². The maximum absolute atomic E-state index is 13.0. The van der Waals surface area contributed by atoms with Gasteiger partial charge in [-0.1, -0.05) is 6.07 Å².